The topological polar surface area (TPSA) is 46.5 Å². The van der Waals surface area contributed by atoms with E-state index < -0.39 is 11.9 Å². The minimum Gasteiger partial charge on any atom is -0.481 e. The van der Waals surface area contributed by atoms with Crippen LogP contribution in [0.25, 0.3) is 0 Å². The summed E-state index contributed by atoms with van der Waals surface area (Å²) in [4.78, 5) is 11.0. The molecule has 3 unspecified atom stereocenters. The number of carbonyl (C=O) groups is 1. The second-order valence-electron chi connectivity index (χ2n) is 6.65. The fourth-order valence-corrected chi connectivity index (χ4v) is 3.27. The lowest BCUT2D eigenvalue weighted by molar-refractivity contribution is -0.138. The minimum atomic E-state index is -0.788. The van der Waals surface area contributed by atoms with Crippen LogP contribution < -0.4 is 0 Å². The van der Waals surface area contributed by atoms with E-state index in [4.69, 9.17) is 9.84 Å². The van der Waals surface area contributed by atoms with Crippen LogP contribution in [0, 0.1) is 11.8 Å². The number of ether oxygens (including phenoxy) is 1. The average molecular weight is 290 g/mol. The van der Waals surface area contributed by atoms with Crippen molar-refractivity contribution in [2.24, 2.45) is 11.8 Å². The molecule has 1 saturated carbocycles. The minimum absolute atomic E-state index is 0.362. The number of benzene rings is 1. The highest BCUT2D eigenvalue weighted by atomic mass is 16.5. The van der Waals surface area contributed by atoms with Crippen molar-refractivity contribution in [2.75, 3.05) is 0 Å². The van der Waals surface area contributed by atoms with Gasteiger partial charge in [-0.3, -0.25) is 4.79 Å². The van der Waals surface area contributed by atoms with Gasteiger partial charge in [0.25, 0.3) is 0 Å². The van der Waals surface area contributed by atoms with E-state index in [1.165, 1.54) is 6.42 Å². The molecule has 0 aromatic heterocycles. The fourth-order valence-electron chi connectivity index (χ4n) is 3.27. The van der Waals surface area contributed by atoms with Gasteiger partial charge in [-0.25, -0.2) is 0 Å². The summed E-state index contributed by atoms with van der Waals surface area (Å²) in [6, 6.07) is 7.74. The number of carboxylic acids is 1. The number of hydrogen-bond acceptors (Lipinski definition) is 2. The first-order chi connectivity index (χ1) is 9.95. The Kier molecular flexibility index (Phi) is 5.40. The Morgan fingerprint density at radius 2 is 1.76 bits per heavy atom. The molecule has 1 aromatic carbocycles. The Balaban J connectivity index is 1.87. The number of rotatable bonds is 5. The van der Waals surface area contributed by atoms with Gasteiger partial charge in [-0.2, -0.15) is 0 Å². The first kappa shape index (κ1) is 16.0. The summed E-state index contributed by atoms with van der Waals surface area (Å²) < 4.78 is 6.04. The average Bonchev–Trinajstić information content (AvgIpc) is 2.44. The van der Waals surface area contributed by atoms with Gasteiger partial charge in [0.1, 0.15) is 0 Å². The lowest BCUT2D eigenvalue weighted by Crippen LogP contribution is -2.26. The van der Waals surface area contributed by atoms with Gasteiger partial charge < -0.3 is 9.84 Å². The van der Waals surface area contributed by atoms with Crippen molar-refractivity contribution < 1.29 is 14.6 Å². The van der Waals surface area contributed by atoms with Crippen LogP contribution in [-0.2, 0) is 16.1 Å². The molecule has 0 bridgehead atoms. The van der Waals surface area contributed by atoms with E-state index in [0.717, 1.165) is 35.8 Å². The standard InChI is InChI=1S/C18H26O3/c1-12-8-13(2)10-17(9-12)21-11-15-4-6-16(7-5-15)14(3)18(19)20/h4-7,12-14,17H,8-11H2,1-3H3,(H,19,20). The molecule has 3 heteroatoms. The highest BCUT2D eigenvalue weighted by Gasteiger charge is 2.24. The maximum Gasteiger partial charge on any atom is 0.310 e. The van der Waals surface area contributed by atoms with Crippen molar-refractivity contribution in [3.05, 3.63) is 35.4 Å². The molecule has 0 amide bonds. The van der Waals surface area contributed by atoms with Crippen LogP contribution in [0.1, 0.15) is 57.1 Å². The molecular formula is C18H26O3. The summed E-state index contributed by atoms with van der Waals surface area (Å²) in [5.41, 5.74) is 1.95. The Labute approximate surface area is 127 Å². The lowest BCUT2D eigenvalue weighted by Gasteiger charge is -2.31. The highest BCUT2D eigenvalue weighted by molar-refractivity contribution is 5.75. The maximum absolute atomic E-state index is 11.0. The van der Waals surface area contributed by atoms with Crippen LogP contribution in [0.4, 0.5) is 0 Å². The predicted molar refractivity (Wildman–Crippen MR) is 83.2 cm³/mol. The number of aliphatic carboxylic acids is 1. The Bertz CT molecular complexity index is 456. The van der Waals surface area contributed by atoms with Crippen LogP contribution in [0.15, 0.2) is 24.3 Å². The van der Waals surface area contributed by atoms with E-state index in [1.54, 1.807) is 6.92 Å². The van der Waals surface area contributed by atoms with Gasteiger partial charge >= 0.3 is 5.97 Å². The van der Waals surface area contributed by atoms with E-state index in [0.29, 0.717) is 12.7 Å². The van der Waals surface area contributed by atoms with Crippen LogP contribution in [0.2, 0.25) is 0 Å². The van der Waals surface area contributed by atoms with Crippen molar-refractivity contribution >= 4 is 5.97 Å². The van der Waals surface area contributed by atoms with E-state index in [9.17, 15) is 4.79 Å². The molecule has 0 radical (unpaired) electrons. The Hall–Kier alpha value is -1.35. The van der Waals surface area contributed by atoms with Gasteiger partial charge in [-0.15, -0.1) is 0 Å². The summed E-state index contributed by atoms with van der Waals surface area (Å²) in [5, 5.41) is 9.00. The third-order valence-corrected chi connectivity index (χ3v) is 4.47. The smallest absolute Gasteiger partial charge is 0.310 e. The summed E-state index contributed by atoms with van der Waals surface area (Å²) in [6.07, 6.45) is 3.97. The molecule has 0 aliphatic heterocycles. The molecule has 1 fully saturated rings. The number of hydrogen-bond donors (Lipinski definition) is 1. The zero-order chi connectivity index (χ0) is 15.4. The van der Waals surface area contributed by atoms with Crippen LogP contribution in [0.3, 0.4) is 0 Å². The third kappa shape index (κ3) is 4.57. The fraction of sp³-hybridized carbons (Fsp3) is 0.611. The van der Waals surface area contributed by atoms with Gasteiger partial charge in [0, 0.05) is 0 Å². The normalized spacial score (nSPS) is 27.3. The SMILES string of the molecule is CC1CC(C)CC(OCc2ccc(C(C)C(=O)O)cc2)C1. The first-order valence-electron chi connectivity index (χ1n) is 7.89. The van der Waals surface area contributed by atoms with Gasteiger partial charge in [-0.05, 0) is 49.1 Å². The van der Waals surface area contributed by atoms with Crippen LogP contribution in [-0.4, -0.2) is 17.2 Å². The van der Waals surface area contributed by atoms with E-state index in [-0.39, 0.29) is 0 Å². The zero-order valence-corrected chi connectivity index (χ0v) is 13.2. The van der Waals surface area contributed by atoms with E-state index in [1.807, 2.05) is 24.3 Å². The molecule has 1 aliphatic rings. The largest absolute Gasteiger partial charge is 0.481 e. The molecule has 1 aromatic rings. The predicted octanol–water partition coefficient (Wildman–Crippen LogP) is 4.22. The van der Waals surface area contributed by atoms with E-state index in [2.05, 4.69) is 13.8 Å². The summed E-state index contributed by atoms with van der Waals surface area (Å²) in [6.45, 7) is 6.92. The third-order valence-electron chi connectivity index (χ3n) is 4.47. The molecule has 2 rings (SSSR count). The molecule has 1 N–H and O–H groups in total. The van der Waals surface area contributed by atoms with E-state index >= 15 is 0 Å². The molecule has 0 heterocycles. The molecule has 3 atom stereocenters. The maximum atomic E-state index is 11.0. The van der Waals surface area contributed by atoms with Gasteiger partial charge in [0.05, 0.1) is 18.6 Å². The number of carboxylic acid groups (broad SMARTS) is 1. The summed E-state index contributed by atoms with van der Waals surface area (Å²) in [7, 11) is 0. The Morgan fingerprint density at radius 3 is 2.29 bits per heavy atom. The van der Waals surface area contributed by atoms with Crippen molar-refractivity contribution in [3.63, 3.8) is 0 Å². The molecule has 1 aliphatic carbocycles. The zero-order valence-electron chi connectivity index (χ0n) is 13.2. The molecule has 3 nitrogen and oxygen atoms in total. The lowest BCUT2D eigenvalue weighted by atomic mass is 9.82. The van der Waals surface area contributed by atoms with Gasteiger partial charge in [0.15, 0.2) is 0 Å². The molecule has 116 valence electrons. The Morgan fingerprint density at radius 1 is 1.19 bits per heavy atom. The molecular weight excluding hydrogens is 264 g/mol. The first-order valence-corrected chi connectivity index (χ1v) is 7.89. The van der Waals surface area contributed by atoms with Crippen molar-refractivity contribution in [3.8, 4) is 0 Å². The van der Waals surface area contributed by atoms with Gasteiger partial charge in [-0.1, -0.05) is 38.1 Å². The molecule has 0 spiro atoms. The monoisotopic (exact) mass is 290 g/mol. The van der Waals surface area contributed by atoms with Crippen molar-refractivity contribution in [2.45, 2.75) is 58.7 Å². The van der Waals surface area contributed by atoms with Crippen LogP contribution >= 0.6 is 0 Å². The molecule has 21 heavy (non-hydrogen) atoms. The van der Waals surface area contributed by atoms with Crippen LogP contribution in [0.5, 0.6) is 0 Å². The molecule has 0 saturated heterocycles. The van der Waals surface area contributed by atoms with Crippen molar-refractivity contribution in [1.82, 2.24) is 0 Å². The van der Waals surface area contributed by atoms with Crippen molar-refractivity contribution in [1.29, 1.82) is 0 Å². The second kappa shape index (κ2) is 7.08. The van der Waals surface area contributed by atoms with Gasteiger partial charge in [0.2, 0.25) is 0 Å². The quantitative estimate of drug-likeness (QED) is 0.883. The highest BCUT2D eigenvalue weighted by Crippen LogP contribution is 2.30. The second-order valence-corrected chi connectivity index (χ2v) is 6.65. The summed E-state index contributed by atoms with van der Waals surface area (Å²) >= 11 is 0. The summed E-state index contributed by atoms with van der Waals surface area (Å²) in [5.74, 6) is 0.249.